The smallest absolute Gasteiger partial charge is 0.228 e. The molecule has 2 aromatic carbocycles. The number of hydrogen-bond acceptors (Lipinski definition) is 6. The third kappa shape index (κ3) is 3.58. The van der Waals surface area contributed by atoms with Crippen LogP contribution < -0.4 is 14.4 Å². The van der Waals surface area contributed by atoms with E-state index in [2.05, 4.69) is 6.07 Å². The number of nitrogens with zero attached hydrogens (tertiary/aromatic N) is 3. The van der Waals surface area contributed by atoms with E-state index in [1.165, 1.54) is 0 Å². The first kappa shape index (κ1) is 20.8. The van der Waals surface area contributed by atoms with E-state index in [1.807, 2.05) is 29.2 Å². The maximum Gasteiger partial charge on any atom is 0.228 e. The maximum atomic E-state index is 13.5. The van der Waals surface area contributed by atoms with E-state index in [-0.39, 0.29) is 30.2 Å². The Bertz CT molecular complexity index is 1140. The minimum absolute atomic E-state index is 0.00914. The number of benzene rings is 2. The summed E-state index contributed by atoms with van der Waals surface area (Å²) >= 11 is 1.66. The number of anilines is 1. The lowest BCUT2D eigenvalue weighted by Crippen LogP contribution is -2.37. The van der Waals surface area contributed by atoms with Crippen molar-refractivity contribution in [2.24, 2.45) is 5.92 Å². The molecule has 0 radical (unpaired) electrons. The monoisotopic (exact) mass is 451 g/mol. The predicted molar refractivity (Wildman–Crippen MR) is 123 cm³/mol. The van der Waals surface area contributed by atoms with Crippen molar-refractivity contribution in [3.05, 3.63) is 47.5 Å². The Morgan fingerprint density at radius 2 is 1.94 bits per heavy atom. The summed E-state index contributed by atoms with van der Waals surface area (Å²) in [5.74, 6) is 0.800. The molecule has 1 aromatic heterocycles. The Morgan fingerprint density at radius 3 is 2.72 bits per heavy atom. The molecule has 0 bridgehead atoms. The fourth-order valence-corrected chi connectivity index (χ4v) is 5.78. The summed E-state index contributed by atoms with van der Waals surface area (Å²) in [6.07, 6.45) is 2.08. The molecule has 32 heavy (non-hydrogen) atoms. The molecule has 3 heterocycles. The van der Waals surface area contributed by atoms with E-state index in [9.17, 15) is 9.59 Å². The number of para-hydroxylation sites is 1. The van der Waals surface area contributed by atoms with Crippen molar-refractivity contribution < 1.29 is 19.1 Å². The van der Waals surface area contributed by atoms with Gasteiger partial charge in [-0.2, -0.15) is 0 Å². The highest BCUT2D eigenvalue weighted by atomic mass is 32.1. The van der Waals surface area contributed by atoms with Gasteiger partial charge >= 0.3 is 0 Å². The molecule has 2 aliphatic rings. The highest BCUT2D eigenvalue weighted by Gasteiger charge is 2.41. The molecule has 3 aromatic rings. The topological polar surface area (TPSA) is 72.0 Å². The summed E-state index contributed by atoms with van der Waals surface area (Å²) in [6.45, 7) is 1.08. The van der Waals surface area contributed by atoms with Crippen LogP contribution in [0.1, 0.15) is 30.3 Å². The van der Waals surface area contributed by atoms with Crippen molar-refractivity contribution in [2.75, 3.05) is 32.2 Å². The van der Waals surface area contributed by atoms with Gasteiger partial charge in [-0.1, -0.05) is 12.1 Å². The first-order valence-electron chi connectivity index (χ1n) is 10.8. The van der Waals surface area contributed by atoms with Crippen LogP contribution in [0.2, 0.25) is 0 Å². The molecule has 5 rings (SSSR count). The Balaban J connectivity index is 1.35. The fraction of sp³-hybridized carbons (Fsp3) is 0.375. The molecule has 2 aliphatic heterocycles. The van der Waals surface area contributed by atoms with Gasteiger partial charge < -0.3 is 19.3 Å². The van der Waals surface area contributed by atoms with Gasteiger partial charge in [0.05, 0.1) is 36.4 Å². The van der Waals surface area contributed by atoms with Crippen LogP contribution in [0.25, 0.3) is 10.2 Å². The number of carbonyl (C=O) groups excluding carboxylic acids is 2. The second-order valence-corrected chi connectivity index (χ2v) is 9.22. The van der Waals surface area contributed by atoms with E-state index < -0.39 is 0 Å². The number of rotatable bonds is 5. The lowest BCUT2D eigenvalue weighted by Gasteiger charge is -2.26. The van der Waals surface area contributed by atoms with Crippen molar-refractivity contribution in [2.45, 2.75) is 25.3 Å². The molecule has 2 atom stereocenters. The van der Waals surface area contributed by atoms with Crippen LogP contribution in [0.5, 0.6) is 11.5 Å². The van der Waals surface area contributed by atoms with Crippen LogP contribution in [0.15, 0.2) is 42.5 Å². The molecule has 2 unspecified atom stereocenters. The summed E-state index contributed by atoms with van der Waals surface area (Å²) in [4.78, 5) is 34.7. The summed E-state index contributed by atoms with van der Waals surface area (Å²) in [5, 5.41) is 0.984. The van der Waals surface area contributed by atoms with Crippen LogP contribution in [0.3, 0.4) is 0 Å². The SMILES string of the molecule is COc1ccc(N2CC(C(=O)N3CCCC3c3nc4ccccc4s3)CC2=O)cc1OC. The molecule has 0 N–H and O–H groups in total. The number of methoxy groups -OCH3 is 2. The predicted octanol–water partition coefficient (Wildman–Crippen LogP) is 4.03. The van der Waals surface area contributed by atoms with Crippen LogP contribution in [0.4, 0.5) is 5.69 Å². The zero-order chi connectivity index (χ0) is 22.2. The summed E-state index contributed by atoms with van der Waals surface area (Å²) in [5.41, 5.74) is 1.69. The average molecular weight is 452 g/mol. The van der Waals surface area contributed by atoms with E-state index in [4.69, 9.17) is 14.5 Å². The molecule has 8 heteroatoms. The highest BCUT2D eigenvalue weighted by Crippen LogP contribution is 2.39. The zero-order valence-corrected chi connectivity index (χ0v) is 18.9. The summed E-state index contributed by atoms with van der Waals surface area (Å²) in [7, 11) is 3.14. The Kier molecular flexibility index (Phi) is 5.46. The van der Waals surface area contributed by atoms with E-state index in [0.29, 0.717) is 30.3 Å². The minimum atomic E-state index is -0.356. The number of carbonyl (C=O) groups is 2. The number of ether oxygens (including phenoxy) is 2. The lowest BCUT2D eigenvalue weighted by molar-refractivity contribution is -0.136. The Morgan fingerprint density at radius 1 is 1.12 bits per heavy atom. The number of aromatic nitrogens is 1. The summed E-state index contributed by atoms with van der Waals surface area (Å²) in [6, 6.07) is 13.4. The van der Waals surface area contributed by atoms with Gasteiger partial charge in [0, 0.05) is 31.3 Å². The molecule has 2 fully saturated rings. The van der Waals surface area contributed by atoms with E-state index in [0.717, 1.165) is 28.1 Å². The van der Waals surface area contributed by atoms with Crippen LogP contribution in [-0.2, 0) is 9.59 Å². The van der Waals surface area contributed by atoms with Crippen molar-refractivity contribution in [3.8, 4) is 11.5 Å². The normalized spacial score (nSPS) is 20.9. The van der Waals surface area contributed by atoms with Crippen molar-refractivity contribution >= 4 is 39.1 Å². The molecular formula is C24H25N3O4S. The number of thiazole rings is 1. The minimum Gasteiger partial charge on any atom is -0.493 e. The Labute approximate surface area is 190 Å². The average Bonchev–Trinajstić information content (AvgIpc) is 3.55. The molecule has 2 saturated heterocycles. The summed E-state index contributed by atoms with van der Waals surface area (Å²) < 4.78 is 11.8. The van der Waals surface area contributed by atoms with E-state index >= 15 is 0 Å². The standard InChI is InChI=1S/C24H25N3O4S/c1-30-19-10-9-16(13-20(19)31-2)27-14-15(12-22(27)28)24(29)26-11-5-7-18(26)23-25-17-6-3-4-8-21(17)32-23/h3-4,6,8-10,13,15,18H,5,7,11-12,14H2,1-2H3. The molecule has 0 aliphatic carbocycles. The van der Waals surface area contributed by atoms with Crippen molar-refractivity contribution in [1.82, 2.24) is 9.88 Å². The zero-order valence-electron chi connectivity index (χ0n) is 18.1. The maximum absolute atomic E-state index is 13.5. The second-order valence-electron chi connectivity index (χ2n) is 8.15. The molecule has 166 valence electrons. The van der Waals surface area contributed by atoms with Gasteiger partial charge in [0.15, 0.2) is 11.5 Å². The van der Waals surface area contributed by atoms with Gasteiger partial charge in [-0.25, -0.2) is 4.98 Å². The third-order valence-corrected chi connectivity index (χ3v) is 7.42. The fourth-order valence-electron chi connectivity index (χ4n) is 4.67. The second kappa shape index (κ2) is 8.43. The molecule has 0 spiro atoms. The highest BCUT2D eigenvalue weighted by molar-refractivity contribution is 7.18. The number of amides is 2. The van der Waals surface area contributed by atoms with Gasteiger partial charge in [-0.15, -0.1) is 11.3 Å². The van der Waals surface area contributed by atoms with Crippen LogP contribution >= 0.6 is 11.3 Å². The quantitative estimate of drug-likeness (QED) is 0.586. The molecular weight excluding hydrogens is 426 g/mol. The largest absolute Gasteiger partial charge is 0.493 e. The number of hydrogen-bond donors (Lipinski definition) is 0. The van der Waals surface area contributed by atoms with Gasteiger partial charge in [-0.05, 0) is 37.1 Å². The molecule has 7 nitrogen and oxygen atoms in total. The van der Waals surface area contributed by atoms with Crippen LogP contribution in [-0.4, -0.2) is 49.0 Å². The molecule has 0 saturated carbocycles. The van der Waals surface area contributed by atoms with Gasteiger partial charge in [0.25, 0.3) is 0 Å². The van der Waals surface area contributed by atoms with Crippen molar-refractivity contribution in [3.63, 3.8) is 0 Å². The lowest BCUT2D eigenvalue weighted by atomic mass is 10.1. The van der Waals surface area contributed by atoms with Crippen LogP contribution in [0, 0.1) is 5.92 Å². The molecule has 2 amide bonds. The van der Waals surface area contributed by atoms with Gasteiger partial charge in [0.2, 0.25) is 11.8 Å². The number of likely N-dealkylation sites (tertiary alicyclic amines) is 1. The first-order chi connectivity index (χ1) is 15.6. The third-order valence-electron chi connectivity index (χ3n) is 6.28. The Hall–Kier alpha value is -3.13. The van der Waals surface area contributed by atoms with Gasteiger partial charge in [0.1, 0.15) is 5.01 Å². The number of fused-ring (bicyclic) bond motifs is 1. The van der Waals surface area contributed by atoms with Gasteiger partial charge in [-0.3, -0.25) is 9.59 Å². The van der Waals surface area contributed by atoms with E-state index in [1.54, 1.807) is 42.6 Å². The first-order valence-corrected chi connectivity index (χ1v) is 11.6. The van der Waals surface area contributed by atoms with Crippen molar-refractivity contribution in [1.29, 1.82) is 0 Å².